The number of hydrogen-bond donors (Lipinski definition) is 4. The van der Waals surface area contributed by atoms with Crippen molar-refractivity contribution in [2.45, 2.75) is 64.5 Å². The molecule has 3 rings (SSSR count). The molecular weight excluding hydrogens is 452 g/mol. The van der Waals surface area contributed by atoms with Crippen molar-refractivity contribution >= 4 is 40.7 Å². The Balaban J connectivity index is 1.55. The van der Waals surface area contributed by atoms with E-state index in [1.165, 1.54) is 6.42 Å². The fraction of sp³-hybridized carbons (Fsp3) is 0.423. The quantitative estimate of drug-likeness (QED) is 0.403. The van der Waals surface area contributed by atoms with Gasteiger partial charge in [0.2, 0.25) is 5.91 Å². The smallest absolute Gasteiger partial charge is 0.253 e. The van der Waals surface area contributed by atoms with Gasteiger partial charge in [-0.05, 0) is 62.6 Å². The maximum absolute atomic E-state index is 12.7. The highest BCUT2D eigenvalue weighted by Crippen LogP contribution is 2.23. The summed E-state index contributed by atoms with van der Waals surface area (Å²) in [6.07, 6.45) is 6.28. The van der Waals surface area contributed by atoms with Gasteiger partial charge in [-0.3, -0.25) is 14.4 Å². The third-order valence-electron chi connectivity index (χ3n) is 6.00. The molecule has 3 amide bonds. The second-order valence-corrected chi connectivity index (χ2v) is 9.18. The Kier molecular flexibility index (Phi) is 9.33. The average Bonchev–Trinajstić information content (AvgIpc) is 2.84. The molecule has 1 fully saturated rings. The van der Waals surface area contributed by atoms with Crippen molar-refractivity contribution in [3.05, 3.63) is 58.6 Å². The fourth-order valence-corrected chi connectivity index (χ4v) is 4.06. The first kappa shape index (κ1) is 25.6. The minimum atomic E-state index is -0.275. The van der Waals surface area contributed by atoms with Crippen LogP contribution in [0.5, 0.6) is 0 Å². The van der Waals surface area contributed by atoms with Crippen LogP contribution in [0.1, 0.15) is 73.1 Å². The van der Waals surface area contributed by atoms with Gasteiger partial charge in [0, 0.05) is 29.0 Å². The van der Waals surface area contributed by atoms with Crippen molar-refractivity contribution in [1.29, 1.82) is 0 Å². The van der Waals surface area contributed by atoms with Crippen LogP contribution in [0.2, 0.25) is 5.02 Å². The Bertz CT molecular complexity index is 1020. The Morgan fingerprint density at radius 3 is 2.50 bits per heavy atom. The molecule has 0 aromatic heterocycles. The summed E-state index contributed by atoms with van der Waals surface area (Å²) in [6.45, 7) is 3.94. The Hall–Kier alpha value is -3.06. The summed E-state index contributed by atoms with van der Waals surface area (Å²) in [5, 5.41) is 12.2. The first-order chi connectivity index (χ1) is 16.4. The van der Waals surface area contributed by atoms with E-state index in [9.17, 15) is 14.4 Å². The highest BCUT2D eigenvalue weighted by atomic mass is 35.5. The van der Waals surface area contributed by atoms with Gasteiger partial charge in [-0.1, -0.05) is 43.9 Å². The van der Waals surface area contributed by atoms with E-state index in [0.717, 1.165) is 32.1 Å². The maximum atomic E-state index is 12.7. The molecule has 8 heteroatoms. The SMILES string of the molecule is CCC(C)NC(=O)c1cccc(NC(=O)CNc2ccc(Cl)c(C(=O)NC3CCCCC3)c2)c1. The average molecular weight is 485 g/mol. The van der Waals surface area contributed by atoms with Gasteiger partial charge >= 0.3 is 0 Å². The van der Waals surface area contributed by atoms with Crippen molar-refractivity contribution in [2.24, 2.45) is 0 Å². The number of carbonyl (C=O) groups is 3. The van der Waals surface area contributed by atoms with Crippen LogP contribution in [-0.2, 0) is 4.79 Å². The highest BCUT2D eigenvalue weighted by molar-refractivity contribution is 6.34. The molecule has 1 saturated carbocycles. The predicted octanol–water partition coefficient (Wildman–Crippen LogP) is 4.98. The number of hydrogen-bond acceptors (Lipinski definition) is 4. The summed E-state index contributed by atoms with van der Waals surface area (Å²) in [7, 11) is 0. The minimum absolute atomic E-state index is 0.00535. The summed E-state index contributed by atoms with van der Waals surface area (Å²) < 4.78 is 0. The summed E-state index contributed by atoms with van der Waals surface area (Å²) in [4.78, 5) is 37.5. The zero-order valence-corrected chi connectivity index (χ0v) is 20.5. The zero-order chi connectivity index (χ0) is 24.5. The van der Waals surface area contributed by atoms with Crippen LogP contribution in [-0.4, -0.2) is 36.3 Å². The van der Waals surface area contributed by atoms with E-state index >= 15 is 0 Å². The number of carbonyl (C=O) groups excluding carboxylic acids is 3. The lowest BCUT2D eigenvalue weighted by atomic mass is 9.95. The lowest BCUT2D eigenvalue weighted by molar-refractivity contribution is -0.114. The van der Waals surface area contributed by atoms with E-state index in [2.05, 4.69) is 21.3 Å². The van der Waals surface area contributed by atoms with Gasteiger partial charge in [0.25, 0.3) is 11.8 Å². The molecular formula is C26H33ClN4O3. The normalized spacial score (nSPS) is 14.7. The molecule has 182 valence electrons. The summed E-state index contributed by atoms with van der Waals surface area (Å²) >= 11 is 6.26. The number of halogens is 1. The lowest BCUT2D eigenvalue weighted by Crippen LogP contribution is -2.36. The molecule has 0 heterocycles. The molecule has 4 N–H and O–H groups in total. The molecule has 0 radical (unpaired) electrons. The molecule has 0 saturated heterocycles. The summed E-state index contributed by atoms with van der Waals surface area (Å²) in [5.41, 5.74) is 2.03. The zero-order valence-electron chi connectivity index (χ0n) is 19.7. The van der Waals surface area contributed by atoms with Crippen LogP contribution in [0.4, 0.5) is 11.4 Å². The van der Waals surface area contributed by atoms with Gasteiger partial charge in [-0.15, -0.1) is 0 Å². The number of benzene rings is 2. The maximum Gasteiger partial charge on any atom is 0.253 e. The van der Waals surface area contributed by atoms with Gasteiger partial charge in [0.05, 0.1) is 17.1 Å². The summed E-state index contributed by atoms with van der Waals surface area (Å²) in [5.74, 6) is -0.649. The molecule has 1 unspecified atom stereocenters. The monoisotopic (exact) mass is 484 g/mol. The van der Waals surface area contributed by atoms with Crippen LogP contribution in [0.15, 0.2) is 42.5 Å². The van der Waals surface area contributed by atoms with Crippen LogP contribution >= 0.6 is 11.6 Å². The fourth-order valence-electron chi connectivity index (χ4n) is 3.85. The molecule has 1 aliphatic carbocycles. The third-order valence-corrected chi connectivity index (χ3v) is 6.33. The molecule has 7 nitrogen and oxygen atoms in total. The molecule has 2 aromatic carbocycles. The molecule has 0 aliphatic heterocycles. The van der Waals surface area contributed by atoms with Gasteiger partial charge < -0.3 is 21.3 Å². The van der Waals surface area contributed by atoms with Gasteiger partial charge in [0.1, 0.15) is 0 Å². The van der Waals surface area contributed by atoms with Crippen molar-refractivity contribution in [2.75, 3.05) is 17.2 Å². The van der Waals surface area contributed by atoms with E-state index in [1.54, 1.807) is 42.5 Å². The standard InChI is InChI=1S/C26H33ClN4O3/c1-3-17(2)29-25(33)18-8-7-11-21(14-18)30-24(32)16-28-20-12-13-23(27)22(15-20)26(34)31-19-9-5-4-6-10-19/h7-8,11-15,17,19,28H,3-6,9-10,16H2,1-2H3,(H,29,33)(H,30,32)(H,31,34). The van der Waals surface area contributed by atoms with Crippen LogP contribution in [0.3, 0.4) is 0 Å². The molecule has 0 bridgehead atoms. The molecule has 1 aliphatic rings. The number of amides is 3. The van der Waals surface area contributed by atoms with Crippen LogP contribution in [0, 0.1) is 0 Å². The van der Waals surface area contributed by atoms with E-state index in [0.29, 0.717) is 27.5 Å². The molecule has 0 spiro atoms. The van der Waals surface area contributed by atoms with Gasteiger partial charge in [-0.25, -0.2) is 0 Å². The summed E-state index contributed by atoms with van der Waals surface area (Å²) in [6, 6.07) is 12.1. The Labute approximate surface area is 206 Å². The Morgan fingerprint density at radius 2 is 1.76 bits per heavy atom. The van der Waals surface area contributed by atoms with Gasteiger partial charge in [0.15, 0.2) is 0 Å². The molecule has 34 heavy (non-hydrogen) atoms. The topological polar surface area (TPSA) is 99.3 Å². The van der Waals surface area contributed by atoms with Gasteiger partial charge in [-0.2, -0.15) is 0 Å². The van der Waals surface area contributed by atoms with Crippen LogP contribution in [0.25, 0.3) is 0 Å². The third kappa shape index (κ3) is 7.48. The van der Waals surface area contributed by atoms with Crippen molar-refractivity contribution in [3.8, 4) is 0 Å². The van der Waals surface area contributed by atoms with E-state index in [4.69, 9.17) is 11.6 Å². The first-order valence-corrected chi connectivity index (χ1v) is 12.3. The van der Waals surface area contributed by atoms with E-state index in [1.807, 2.05) is 13.8 Å². The number of anilines is 2. The largest absolute Gasteiger partial charge is 0.376 e. The highest BCUT2D eigenvalue weighted by Gasteiger charge is 2.19. The first-order valence-electron chi connectivity index (χ1n) is 11.9. The molecule has 1 atom stereocenters. The second kappa shape index (κ2) is 12.4. The van der Waals surface area contributed by atoms with Crippen molar-refractivity contribution < 1.29 is 14.4 Å². The van der Waals surface area contributed by atoms with E-state index in [-0.39, 0.29) is 36.3 Å². The minimum Gasteiger partial charge on any atom is -0.376 e. The Morgan fingerprint density at radius 1 is 1.00 bits per heavy atom. The molecule has 2 aromatic rings. The number of rotatable bonds is 9. The lowest BCUT2D eigenvalue weighted by Gasteiger charge is -2.23. The van der Waals surface area contributed by atoms with Crippen molar-refractivity contribution in [1.82, 2.24) is 10.6 Å². The predicted molar refractivity (Wildman–Crippen MR) is 137 cm³/mol. The van der Waals surface area contributed by atoms with E-state index < -0.39 is 0 Å². The second-order valence-electron chi connectivity index (χ2n) is 8.77. The van der Waals surface area contributed by atoms with Crippen LogP contribution < -0.4 is 21.3 Å². The van der Waals surface area contributed by atoms with Crippen molar-refractivity contribution in [3.63, 3.8) is 0 Å². The number of nitrogens with one attached hydrogen (secondary N) is 4.